The van der Waals surface area contributed by atoms with Gasteiger partial charge in [-0.1, -0.05) is 12.1 Å². The largest absolute Gasteiger partial charge is 0.496 e. The molecule has 0 spiro atoms. The molecule has 0 atom stereocenters. The van der Waals surface area contributed by atoms with Crippen molar-refractivity contribution in [3.05, 3.63) is 28.8 Å². The zero-order valence-corrected chi connectivity index (χ0v) is 11.1. The third kappa shape index (κ3) is 2.63. The molecule has 1 aliphatic carbocycles. The molecule has 0 aromatic heterocycles. The summed E-state index contributed by atoms with van der Waals surface area (Å²) in [5.41, 5.74) is 9.92. The summed E-state index contributed by atoms with van der Waals surface area (Å²) in [6, 6.07) is 4.99. The van der Waals surface area contributed by atoms with E-state index in [1.165, 1.54) is 29.5 Å². The van der Waals surface area contributed by atoms with E-state index in [9.17, 15) is 0 Å². The molecule has 1 aliphatic rings. The second-order valence-corrected chi connectivity index (χ2v) is 5.30. The number of ether oxygens (including phenoxy) is 1. The van der Waals surface area contributed by atoms with Gasteiger partial charge in [-0.05, 0) is 62.1 Å². The van der Waals surface area contributed by atoms with Crippen molar-refractivity contribution < 1.29 is 4.74 Å². The topological polar surface area (TPSA) is 35.2 Å². The van der Waals surface area contributed by atoms with Gasteiger partial charge in [0.1, 0.15) is 5.75 Å². The average Bonchev–Trinajstić information content (AvgIpc) is 2.29. The van der Waals surface area contributed by atoms with Gasteiger partial charge < -0.3 is 10.5 Å². The maximum atomic E-state index is 5.96. The predicted octanol–water partition coefficient (Wildman–Crippen LogP) is 3.30. The Balaban J connectivity index is 2.22. The van der Waals surface area contributed by atoms with Gasteiger partial charge in [0.2, 0.25) is 0 Å². The van der Waals surface area contributed by atoms with Crippen LogP contribution in [0.3, 0.4) is 0 Å². The first-order chi connectivity index (χ1) is 8.11. The van der Waals surface area contributed by atoms with E-state index < -0.39 is 0 Å². The molecule has 17 heavy (non-hydrogen) atoms. The second kappa shape index (κ2) is 5.09. The molecule has 0 amide bonds. The van der Waals surface area contributed by atoms with Crippen molar-refractivity contribution in [2.45, 2.75) is 51.5 Å². The monoisotopic (exact) mass is 233 g/mol. The molecular formula is C15H23NO. The molecule has 2 N–H and O–H groups in total. The van der Waals surface area contributed by atoms with E-state index in [1.807, 2.05) is 0 Å². The van der Waals surface area contributed by atoms with Crippen LogP contribution in [0.1, 0.15) is 48.3 Å². The first kappa shape index (κ1) is 12.4. The molecule has 0 saturated heterocycles. The van der Waals surface area contributed by atoms with Crippen LogP contribution < -0.4 is 10.5 Å². The maximum Gasteiger partial charge on any atom is 0.124 e. The van der Waals surface area contributed by atoms with Gasteiger partial charge >= 0.3 is 0 Å². The summed E-state index contributed by atoms with van der Waals surface area (Å²) in [7, 11) is 1.74. The molecule has 0 aliphatic heterocycles. The molecule has 0 heterocycles. The quantitative estimate of drug-likeness (QED) is 0.850. The molecule has 0 unspecified atom stereocenters. The Morgan fingerprint density at radius 1 is 1.06 bits per heavy atom. The van der Waals surface area contributed by atoms with Crippen molar-refractivity contribution in [3.63, 3.8) is 0 Å². The highest BCUT2D eigenvalue weighted by Gasteiger charge is 2.21. The molecule has 2 rings (SSSR count). The van der Waals surface area contributed by atoms with Crippen LogP contribution >= 0.6 is 0 Å². The van der Waals surface area contributed by atoms with Crippen LogP contribution in [0, 0.1) is 13.8 Å². The zero-order valence-electron chi connectivity index (χ0n) is 11.1. The fourth-order valence-corrected chi connectivity index (χ4v) is 2.99. The Labute approximate surface area is 104 Å². The average molecular weight is 233 g/mol. The lowest BCUT2D eigenvalue weighted by atomic mass is 9.81. The van der Waals surface area contributed by atoms with E-state index >= 15 is 0 Å². The lowest BCUT2D eigenvalue weighted by Crippen LogP contribution is -2.25. The van der Waals surface area contributed by atoms with Crippen molar-refractivity contribution in [3.8, 4) is 5.75 Å². The van der Waals surface area contributed by atoms with Crippen molar-refractivity contribution >= 4 is 0 Å². The fourth-order valence-electron chi connectivity index (χ4n) is 2.99. The van der Waals surface area contributed by atoms with Crippen LogP contribution in [0.4, 0.5) is 0 Å². The lowest BCUT2D eigenvalue weighted by molar-refractivity contribution is 0.392. The van der Waals surface area contributed by atoms with E-state index in [0.717, 1.165) is 18.6 Å². The second-order valence-electron chi connectivity index (χ2n) is 5.30. The summed E-state index contributed by atoms with van der Waals surface area (Å²) >= 11 is 0. The van der Waals surface area contributed by atoms with Crippen LogP contribution in [-0.2, 0) is 0 Å². The SMILES string of the molecule is COc1c(C)cc(C2CCC(N)CC2)cc1C. The number of aryl methyl sites for hydroxylation is 2. The number of hydrogen-bond donors (Lipinski definition) is 1. The van der Waals surface area contributed by atoms with E-state index in [2.05, 4.69) is 26.0 Å². The summed E-state index contributed by atoms with van der Waals surface area (Å²) in [6.07, 6.45) is 4.78. The van der Waals surface area contributed by atoms with Gasteiger partial charge in [-0.2, -0.15) is 0 Å². The summed E-state index contributed by atoms with van der Waals surface area (Å²) in [5, 5.41) is 0. The van der Waals surface area contributed by atoms with Crippen LogP contribution in [0.25, 0.3) is 0 Å². The summed E-state index contributed by atoms with van der Waals surface area (Å²) in [4.78, 5) is 0. The molecule has 0 radical (unpaired) electrons. The van der Waals surface area contributed by atoms with Crippen LogP contribution in [-0.4, -0.2) is 13.2 Å². The molecule has 2 nitrogen and oxygen atoms in total. The van der Waals surface area contributed by atoms with E-state index in [0.29, 0.717) is 12.0 Å². The highest BCUT2D eigenvalue weighted by Crippen LogP contribution is 2.35. The molecule has 1 fully saturated rings. The number of nitrogens with two attached hydrogens (primary N) is 1. The Kier molecular flexibility index (Phi) is 3.72. The van der Waals surface area contributed by atoms with Gasteiger partial charge in [0.25, 0.3) is 0 Å². The van der Waals surface area contributed by atoms with Crippen molar-refractivity contribution in [1.82, 2.24) is 0 Å². The van der Waals surface area contributed by atoms with Gasteiger partial charge in [-0.25, -0.2) is 0 Å². The summed E-state index contributed by atoms with van der Waals surface area (Å²) < 4.78 is 5.42. The molecular weight excluding hydrogens is 210 g/mol. The first-order valence-corrected chi connectivity index (χ1v) is 6.52. The molecule has 1 saturated carbocycles. The normalized spacial score (nSPS) is 24.7. The van der Waals surface area contributed by atoms with Crippen LogP contribution in [0.2, 0.25) is 0 Å². The standard InChI is InChI=1S/C15H23NO/c1-10-8-13(9-11(2)15(10)17-3)12-4-6-14(16)7-5-12/h8-9,12,14H,4-7,16H2,1-3H3. The number of hydrogen-bond acceptors (Lipinski definition) is 2. The molecule has 0 bridgehead atoms. The Bertz CT molecular complexity index is 369. The Morgan fingerprint density at radius 2 is 1.59 bits per heavy atom. The number of rotatable bonds is 2. The lowest BCUT2D eigenvalue weighted by Gasteiger charge is -2.27. The predicted molar refractivity (Wildman–Crippen MR) is 71.7 cm³/mol. The number of methoxy groups -OCH3 is 1. The first-order valence-electron chi connectivity index (χ1n) is 6.52. The minimum atomic E-state index is 0.423. The molecule has 1 aromatic rings. The summed E-state index contributed by atoms with van der Waals surface area (Å²) in [6.45, 7) is 4.26. The minimum absolute atomic E-state index is 0.423. The fraction of sp³-hybridized carbons (Fsp3) is 0.600. The van der Waals surface area contributed by atoms with Crippen LogP contribution in [0.15, 0.2) is 12.1 Å². The Morgan fingerprint density at radius 3 is 2.06 bits per heavy atom. The Hall–Kier alpha value is -1.02. The van der Waals surface area contributed by atoms with Gasteiger partial charge in [0.05, 0.1) is 7.11 Å². The molecule has 94 valence electrons. The van der Waals surface area contributed by atoms with Gasteiger partial charge in [0.15, 0.2) is 0 Å². The van der Waals surface area contributed by atoms with E-state index in [1.54, 1.807) is 7.11 Å². The zero-order chi connectivity index (χ0) is 12.4. The van der Waals surface area contributed by atoms with Gasteiger partial charge in [-0.3, -0.25) is 0 Å². The third-order valence-electron chi connectivity index (χ3n) is 3.93. The van der Waals surface area contributed by atoms with Crippen LogP contribution in [0.5, 0.6) is 5.75 Å². The van der Waals surface area contributed by atoms with E-state index in [4.69, 9.17) is 10.5 Å². The van der Waals surface area contributed by atoms with E-state index in [-0.39, 0.29) is 0 Å². The highest BCUT2D eigenvalue weighted by atomic mass is 16.5. The third-order valence-corrected chi connectivity index (χ3v) is 3.93. The molecule has 1 aromatic carbocycles. The smallest absolute Gasteiger partial charge is 0.124 e. The number of benzene rings is 1. The van der Waals surface area contributed by atoms with Crippen molar-refractivity contribution in [1.29, 1.82) is 0 Å². The minimum Gasteiger partial charge on any atom is -0.496 e. The molecule has 2 heteroatoms. The summed E-state index contributed by atoms with van der Waals surface area (Å²) in [5.74, 6) is 1.72. The van der Waals surface area contributed by atoms with Crippen molar-refractivity contribution in [2.75, 3.05) is 7.11 Å². The maximum absolute atomic E-state index is 5.96. The highest BCUT2D eigenvalue weighted by molar-refractivity contribution is 5.44. The van der Waals surface area contributed by atoms with Crippen molar-refractivity contribution in [2.24, 2.45) is 5.73 Å². The van der Waals surface area contributed by atoms with Gasteiger partial charge in [0, 0.05) is 6.04 Å². The van der Waals surface area contributed by atoms with Gasteiger partial charge in [-0.15, -0.1) is 0 Å².